The quantitative estimate of drug-likeness (QED) is 0.182. The lowest BCUT2D eigenvalue weighted by atomic mass is 9.67. The van der Waals surface area contributed by atoms with Crippen LogP contribution in [0.15, 0.2) is 0 Å². The summed E-state index contributed by atoms with van der Waals surface area (Å²) in [5.74, 6) is 6.26. The van der Waals surface area contributed by atoms with Gasteiger partial charge in [-0.25, -0.2) is 0 Å². The minimum atomic E-state index is 0.885. The van der Waals surface area contributed by atoms with E-state index >= 15 is 0 Å². The molecule has 0 radical (unpaired) electrons. The average Bonchev–Trinajstić information content (AvgIpc) is 3.46. The van der Waals surface area contributed by atoms with E-state index in [1.807, 2.05) is 0 Å². The van der Waals surface area contributed by atoms with Gasteiger partial charge in [-0.1, -0.05) is 141 Å². The molecule has 0 spiro atoms. The van der Waals surface area contributed by atoms with Crippen LogP contribution in [0.1, 0.15) is 321 Å². The van der Waals surface area contributed by atoms with Crippen molar-refractivity contribution in [2.24, 2.45) is 35.5 Å². The second kappa shape index (κ2) is 25.7. The van der Waals surface area contributed by atoms with Crippen molar-refractivity contribution in [3.63, 3.8) is 0 Å². The summed E-state index contributed by atoms with van der Waals surface area (Å²) in [4.78, 5) is 13.4. The molecule has 12 aliphatic carbocycles. The predicted molar refractivity (Wildman–Crippen MR) is 305 cm³/mol. The van der Waals surface area contributed by atoms with Gasteiger partial charge in [0.25, 0.3) is 0 Å². The van der Waals surface area contributed by atoms with E-state index in [0.29, 0.717) is 0 Å². The molecular formula is C68H118N4. The fourth-order valence-electron chi connectivity index (χ4n) is 22.6. The SMILES string of the molecule is C1CCC(N(C2CCC(C3CCC(N(C4CCCCC4)C4CCC(N(C5CCCCC5)C5CCCC6CCCCC65)CC4)CC3)CC2)C2CCC(N(C3CCCCC3)C3CCCC4CCCCC43)CC2)CC1. The van der Waals surface area contributed by atoms with E-state index in [1.165, 1.54) is 257 Å². The van der Waals surface area contributed by atoms with Gasteiger partial charge in [0.2, 0.25) is 0 Å². The normalized spacial score (nSPS) is 42.2. The Balaban J connectivity index is 0.663. The molecule has 0 amide bonds. The first-order chi connectivity index (χ1) is 35.7. The fourth-order valence-corrected chi connectivity index (χ4v) is 22.6. The highest BCUT2D eigenvalue weighted by Crippen LogP contribution is 2.50. The Morgan fingerprint density at radius 2 is 0.361 bits per heavy atom. The summed E-state index contributed by atoms with van der Waals surface area (Å²) in [6.07, 6.45) is 76.5. The van der Waals surface area contributed by atoms with Crippen molar-refractivity contribution in [1.82, 2.24) is 19.6 Å². The first-order valence-corrected chi connectivity index (χ1v) is 34.8. The summed E-state index contributed by atoms with van der Waals surface area (Å²) in [5.41, 5.74) is 0. The van der Waals surface area contributed by atoms with Crippen LogP contribution < -0.4 is 0 Å². The maximum Gasteiger partial charge on any atom is 0.0132 e. The molecule has 12 saturated carbocycles. The van der Waals surface area contributed by atoms with Crippen LogP contribution in [0.2, 0.25) is 0 Å². The van der Waals surface area contributed by atoms with E-state index in [0.717, 1.165) is 108 Å². The standard InChI is InChI=1S/C68H118N4/c1-5-23-55(24-6-1)69(61-43-47-63(48-44-61)71(57-27-9-3-10-28-57)67-33-17-21-53-19-13-15-31-65(53)67)59-39-35-51(36-40-59)52-37-41-60(42-38-52)70(56-25-7-2-8-26-56)62-45-49-64(50-46-62)72(58-29-11-4-12-30-58)68-34-18-22-54-20-14-16-32-66(54)68/h51-68H,1-50H2. The third-order valence-corrected chi connectivity index (χ3v) is 25.8. The van der Waals surface area contributed by atoms with Crippen LogP contribution in [0.5, 0.6) is 0 Å². The van der Waals surface area contributed by atoms with Crippen molar-refractivity contribution < 1.29 is 0 Å². The van der Waals surface area contributed by atoms with Gasteiger partial charge in [0, 0.05) is 72.5 Å². The molecule has 0 aromatic heterocycles. The molecule has 0 aromatic rings. The van der Waals surface area contributed by atoms with Crippen molar-refractivity contribution in [3.8, 4) is 0 Å². The number of nitrogens with zero attached hydrogens (tertiary/aromatic N) is 4. The van der Waals surface area contributed by atoms with E-state index in [9.17, 15) is 0 Å². The molecule has 0 bridgehead atoms. The van der Waals surface area contributed by atoms with Crippen molar-refractivity contribution in [2.45, 2.75) is 394 Å². The van der Waals surface area contributed by atoms with E-state index in [1.54, 1.807) is 64.2 Å². The summed E-state index contributed by atoms with van der Waals surface area (Å²) >= 11 is 0. The molecule has 0 aromatic carbocycles. The van der Waals surface area contributed by atoms with Gasteiger partial charge in [0.1, 0.15) is 0 Å². The van der Waals surface area contributed by atoms with Crippen molar-refractivity contribution in [2.75, 3.05) is 0 Å². The van der Waals surface area contributed by atoms with Gasteiger partial charge < -0.3 is 0 Å². The molecule has 12 rings (SSSR count). The number of fused-ring (bicyclic) bond motifs is 2. The molecule has 6 atom stereocenters. The van der Waals surface area contributed by atoms with E-state index in [-0.39, 0.29) is 0 Å². The Morgan fingerprint density at radius 1 is 0.139 bits per heavy atom. The van der Waals surface area contributed by atoms with Gasteiger partial charge in [-0.2, -0.15) is 0 Å². The van der Waals surface area contributed by atoms with Gasteiger partial charge in [-0.15, -0.1) is 0 Å². The third kappa shape index (κ3) is 12.0. The summed E-state index contributed by atoms with van der Waals surface area (Å²) in [5, 5.41) is 0. The van der Waals surface area contributed by atoms with Gasteiger partial charge >= 0.3 is 0 Å². The van der Waals surface area contributed by atoms with Crippen LogP contribution >= 0.6 is 0 Å². The van der Waals surface area contributed by atoms with E-state index < -0.39 is 0 Å². The Labute approximate surface area is 446 Å². The summed E-state index contributed by atoms with van der Waals surface area (Å²) in [7, 11) is 0. The molecular weight excluding hydrogens is 873 g/mol. The lowest BCUT2D eigenvalue weighted by Gasteiger charge is -2.55. The van der Waals surface area contributed by atoms with Gasteiger partial charge in [0.15, 0.2) is 0 Å². The predicted octanol–water partition coefficient (Wildman–Crippen LogP) is 18.0. The molecule has 6 unspecified atom stereocenters. The first kappa shape index (κ1) is 52.5. The van der Waals surface area contributed by atoms with Gasteiger partial charge in [0.05, 0.1) is 0 Å². The highest BCUT2D eigenvalue weighted by molar-refractivity contribution is 5.02. The van der Waals surface area contributed by atoms with E-state index in [4.69, 9.17) is 0 Å². The lowest BCUT2D eigenvalue weighted by molar-refractivity contribution is -0.0516. The summed E-state index contributed by atoms with van der Waals surface area (Å²) < 4.78 is 0. The van der Waals surface area contributed by atoms with Gasteiger partial charge in [-0.05, 0) is 215 Å². The van der Waals surface area contributed by atoms with Crippen LogP contribution in [0.3, 0.4) is 0 Å². The topological polar surface area (TPSA) is 13.0 Å². The molecule has 0 N–H and O–H groups in total. The van der Waals surface area contributed by atoms with Crippen LogP contribution in [-0.2, 0) is 0 Å². The smallest absolute Gasteiger partial charge is 0.0132 e. The molecule has 0 saturated heterocycles. The van der Waals surface area contributed by atoms with Crippen molar-refractivity contribution >= 4 is 0 Å². The molecule has 410 valence electrons. The molecule has 12 aliphatic rings. The fraction of sp³-hybridized carbons (Fsp3) is 1.00. The monoisotopic (exact) mass is 991 g/mol. The second-order valence-electron chi connectivity index (χ2n) is 29.4. The van der Waals surface area contributed by atoms with Crippen molar-refractivity contribution in [1.29, 1.82) is 0 Å². The lowest BCUT2D eigenvalue weighted by Crippen LogP contribution is -2.58. The van der Waals surface area contributed by atoms with Crippen LogP contribution in [0.25, 0.3) is 0 Å². The second-order valence-corrected chi connectivity index (χ2v) is 29.4. The highest BCUT2D eigenvalue weighted by atomic mass is 15.3. The van der Waals surface area contributed by atoms with E-state index in [2.05, 4.69) is 19.6 Å². The maximum absolute atomic E-state index is 3.36. The third-order valence-electron chi connectivity index (χ3n) is 25.8. The number of hydrogen-bond acceptors (Lipinski definition) is 4. The average molecular weight is 992 g/mol. The Kier molecular flexibility index (Phi) is 18.8. The molecule has 0 heterocycles. The Morgan fingerprint density at radius 3 is 0.681 bits per heavy atom. The molecule has 4 nitrogen and oxygen atoms in total. The Hall–Kier alpha value is -0.160. The number of rotatable bonds is 13. The molecule has 72 heavy (non-hydrogen) atoms. The molecule has 4 heteroatoms. The highest BCUT2D eigenvalue weighted by Gasteiger charge is 2.48. The zero-order chi connectivity index (χ0) is 48.1. The maximum atomic E-state index is 3.36. The van der Waals surface area contributed by atoms with Crippen LogP contribution in [-0.4, -0.2) is 92.1 Å². The number of hydrogen-bond donors (Lipinski definition) is 0. The van der Waals surface area contributed by atoms with Gasteiger partial charge in [-0.3, -0.25) is 19.6 Å². The Bertz CT molecular complexity index is 1440. The minimum absolute atomic E-state index is 0.885. The first-order valence-electron chi connectivity index (χ1n) is 34.8. The molecule has 12 fully saturated rings. The minimum Gasteiger partial charge on any atom is -0.294 e. The summed E-state index contributed by atoms with van der Waals surface area (Å²) in [6.45, 7) is 0. The summed E-state index contributed by atoms with van der Waals surface area (Å²) in [6, 6.07) is 10.8. The largest absolute Gasteiger partial charge is 0.294 e. The van der Waals surface area contributed by atoms with Crippen molar-refractivity contribution in [3.05, 3.63) is 0 Å². The van der Waals surface area contributed by atoms with Crippen LogP contribution in [0, 0.1) is 35.5 Å². The van der Waals surface area contributed by atoms with Crippen LogP contribution in [0.4, 0.5) is 0 Å². The molecule has 0 aliphatic heterocycles. The zero-order valence-corrected chi connectivity index (χ0v) is 47.5. The zero-order valence-electron chi connectivity index (χ0n) is 47.5.